The molecule has 2 aromatic heterocycles. The minimum Gasteiger partial charge on any atom is -0.497 e. The predicted molar refractivity (Wildman–Crippen MR) is 113 cm³/mol. The van der Waals surface area contributed by atoms with E-state index in [9.17, 15) is 9.59 Å². The zero-order chi connectivity index (χ0) is 20.8. The van der Waals surface area contributed by atoms with Crippen LogP contribution in [0.5, 0.6) is 5.75 Å². The number of methoxy groups -OCH3 is 1. The van der Waals surface area contributed by atoms with Crippen LogP contribution in [0.1, 0.15) is 27.7 Å². The number of hydrogen-bond donors (Lipinski definition) is 0. The van der Waals surface area contributed by atoms with E-state index in [1.54, 1.807) is 61.8 Å². The minimum atomic E-state index is -0.711. The number of rotatable bonds is 3. The number of hydrogen-bond acceptors (Lipinski definition) is 5. The second-order valence-electron chi connectivity index (χ2n) is 6.86. The third-order valence-electron chi connectivity index (χ3n) is 5.14. The van der Waals surface area contributed by atoms with Crippen molar-refractivity contribution in [2.24, 2.45) is 0 Å². The Balaban J connectivity index is 1.83. The summed E-state index contributed by atoms with van der Waals surface area (Å²) in [4.78, 5) is 32.7. The summed E-state index contributed by atoms with van der Waals surface area (Å²) < 4.78 is 11.3. The van der Waals surface area contributed by atoms with Crippen molar-refractivity contribution in [2.75, 3.05) is 12.0 Å². The quantitative estimate of drug-likeness (QED) is 0.486. The minimum absolute atomic E-state index is 0.00768. The van der Waals surface area contributed by atoms with Crippen molar-refractivity contribution in [1.29, 1.82) is 0 Å². The smallest absolute Gasteiger partial charge is 0.296 e. The van der Waals surface area contributed by atoms with Crippen LogP contribution in [-0.2, 0) is 0 Å². The first-order chi connectivity index (χ1) is 14.6. The number of carbonyl (C=O) groups is 1. The molecule has 0 bridgehead atoms. The Morgan fingerprint density at radius 3 is 2.70 bits per heavy atom. The number of fused-ring (bicyclic) bond motifs is 2. The van der Waals surface area contributed by atoms with Crippen LogP contribution in [-0.4, -0.2) is 18.0 Å². The summed E-state index contributed by atoms with van der Waals surface area (Å²) in [6.07, 6.45) is 1.60. The Labute approximate surface area is 176 Å². The highest BCUT2D eigenvalue weighted by atomic mass is 35.5. The van der Waals surface area contributed by atoms with Gasteiger partial charge in [0.1, 0.15) is 17.2 Å². The van der Waals surface area contributed by atoms with Crippen LogP contribution < -0.4 is 15.1 Å². The standard InChI is InChI=1S/C23H15ClN2O4/c1-29-15-6-4-5-13(11-15)20-19-21(27)16-12-14(24)8-9-17(16)30-22(19)23(28)26(20)18-7-2-3-10-25-18/h2-12,20H,1H3/t20-/m1/s1. The first-order valence-electron chi connectivity index (χ1n) is 9.23. The third-order valence-corrected chi connectivity index (χ3v) is 5.37. The summed E-state index contributed by atoms with van der Waals surface area (Å²) in [5.74, 6) is 0.615. The summed E-state index contributed by atoms with van der Waals surface area (Å²) >= 11 is 6.10. The van der Waals surface area contributed by atoms with Crippen molar-refractivity contribution < 1.29 is 13.9 Å². The number of amides is 1. The van der Waals surface area contributed by atoms with E-state index < -0.39 is 11.9 Å². The molecule has 7 heteroatoms. The number of pyridine rings is 1. The van der Waals surface area contributed by atoms with E-state index in [2.05, 4.69) is 4.98 Å². The van der Waals surface area contributed by atoms with Gasteiger partial charge in [-0.1, -0.05) is 29.8 Å². The van der Waals surface area contributed by atoms with Crippen molar-refractivity contribution in [3.8, 4) is 5.75 Å². The molecule has 5 rings (SSSR count). The SMILES string of the molecule is COc1cccc([C@@H]2c3c(oc4ccc(Cl)cc4c3=O)C(=O)N2c2ccccn2)c1. The second-order valence-corrected chi connectivity index (χ2v) is 7.29. The molecular weight excluding hydrogens is 404 g/mol. The Hall–Kier alpha value is -3.64. The van der Waals surface area contributed by atoms with Gasteiger partial charge in [-0.05, 0) is 48.0 Å². The molecule has 2 aromatic carbocycles. The van der Waals surface area contributed by atoms with E-state index in [0.29, 0.717) is 33.1 Å². The second kappa shape index (κ2) is 7.00. The average Bonchev–Trinajstić information content (AvgIpc) is 3.07. The zero-order valence-corrected chi connectivity index (χ0v) is 16.6. The zero-order valence-electron chi connectivity index (χ0n) is 15.8. The monoisotopic (exact) mass is 418 g/mol. The van der Waals surface area contributed by atoms with Crippen LogP contribution in [0.2, 0.25) is 5.02 Å². The lowest BCUT2D eigenvalue weighted by Crippen LogP contribution is -2.30. The van der Waals surface area contributed by atoms with E-state index >= 15 is 0 Å². The van der Waals surface area contributed by atoms with E-state index in [-0.39, 0.29) is 16.8 Å². The number of carbonyl (C=O) groups excluding carboxylic acids is 1. The van der Waals surface area contributed by atoms with Gasteiger partial charge in [-0.25, -0.2) is 4.98 Å². The van der Waals surface area contributed by atoms with Crippen molar-refractivity contribution >= 4 is 34.3 Å². The van der Waals surface area contributed by atoms with E-state index in [0.717, 1.165) is 0 Å². The molecule has 0 radical (unpaired) electrons. The maximum Gasteiger partial charge on any atom is 0.296 e. The average molecular weight is 419 g/mol. The van der Waals surface area contributed by atoms with Gasteiger partial charge >= 0.3 is 0 Å². The lowest BCUT2D eigenvalue weighted by molar-refractivity contribution is 0.0970. The largest absolute Gasteiger partial charge is 0.497 e. The summed E-state index contributed by atoms with van der Waals surface area (Å²) in [6, 6.07) is 16.6. The highest BCUT2D eigenvalue weighted by Crippen LogP contribution is 2.41. The van der Waals surface area contributed by atoms with Gasteiger partial charge in [0.25, 0.3) is 5.91 Å². The van der Waals surface area contributed by atoms with E-state index in [1.807, 2.05) is 12.1 Å². The third kappa shape index (κ3) is 2.76. The predicted octanol–water partition coefficient (Wildman–Crippen LogP) is 4.60. The Morgan fingerprint density at radius 1 is 1.07 bits per heavy atom. The molecule has 0 N–H and O–H groups in total. The summed E-state index contributed by atoms with van der Waals surface area (Å²) in [7, 11) is 1.56. The van der Waals surface area contributed by atoms with Gasteiger partial charge in [0, 0.05) is 11.2 Å². The van der Waals surface area contributed by atoms with Gasteiger partial charge < -0.3 is 9.15 Å². The van der Waals surface area contributed by atoms with Crippen molar-refractivity contribution in [3.05, 3.63) is 99.0 Å². The normalized spacial score (nSPS) is 15.5. The van der Waals surface area contributed by atoms with E-state index in [4.69, 9.17) is 20.8 Å². The first-order valence-corrected chi connectivity index (χ1v) is 9.61. The van der Waals surface area contributed by atoms with Crippen LogP contribution in [0.25, 0.3) is 11.0 Å². The van der Waals surface area contributed by atoms with Crippen LogP contribution in [0, 0.1) is 0 Å². The molecule has 148 valence electrons. The van der Waals surface area contributed by atoms with Crippen LogP contribution in [0.4, 0.5) is 5.82 Å². The summed E-state index contributed by atoms with van der Waals surface area (Å²) in [5, 5.41) is 0.739. The van der Waals surface area contributed by atoms with Crippen LogP contribution in [0.15, 0.2) is 76.1 Å². The van der Waals surface area contributed by atoms with Crippen LogP contribution >= 0.6 is 11.6 Å². The molecule has 1 aliphatic rings. The van der Waals surface area contributed by atoms with Crippen molar-refractivity contribution in [2.45, 2.75) is 6.04 Å². The molecule has 0 spiro atoms. The van der Waals surface area contributed by atoms with E-state index in [1.165, 1.54) is 4.90 Å². The number of aromatic nitrogens is 1. The Kier molecular flexibility index (Phi) is 4.29. The molecule has 0 unspecified atom stereocenters. The number of benzene rings is 2. The van der Waals surface area contributed by atoms with Gasteiger partial charge in [-0.3, -0.25) is 14.5 Å². The van der Waals surface area contributed by atoms with Crippen molar-refractivity contribution in [1.82, 2.24) is 4.98 Å². The fraction of sp³-hybridized carbons (Fsp3) is 0.0870. The molecule has 1 aliphatic heterocycles. The number of anilines is 1. The Bertz CT molecular complexity index is 1350. The van der Waals surface area contributed by atoms with Gasteiger partial charge in [-0.2, -0.15) is 0 Å². The molecule has 0 saturated carbocycles. The van der Waals surface area contributed by atoms with Gasteiger partial charge in [-0.15, -0.1) is 0 Å². The fourth-order valence-electron chi connectivity index (χ4n) is 3.80. The summed E-state index contributed by atoms with van der Waals surface area (Å²) in [5.41, 5.74) is 0.978. The molecule has 0 aliphatic carbocycles. The van der Waals surface area contributed by atoms with Gasteiger partial charge in [0.15, 0.2) is 5.43 Å². The topological polar surface area (TPSA) is 72.6 Å². The molecule has 0 fully saturated rings. The number of halogens is 1. The van der Waals surface area contributed by atoms with Crippen molar-refractivity contribution in [3.63, 3.8) is 0 Å². The first kappa shape index (κ1) is 18.4. The fourth-order valence-corrected chi connectivity index (χ4v) is 3.98. The number of nitrogens with zero attached hydrogens (tertiary/aromatic N) is 2. The lowest BCUT2D eigenvalue weighted by atomic mass is 9.98. The lowest BCUT2D eigenvalue weighted by Gasteiger charge is -2.24. The molecule has 1 atom stereocenters. The maximum atomic E-state index is 13.5. The highest BCUT2D eigenvalue weighted by molar-refractivity contribution is 6.31. The maximum absolute atomic E-state index is 13.5. The Morgan fingerprint density at radius 2 is 1.93 bits per heavy atom. The number of ether oxygens (including phenoxy) is 1. The molecule has 1 amide bonds. The molecule has 3 heterocycles. The van der Waals surface area contributed by atoms with Gasteiger partial charge in [0.05, 0.1) is 24.1 Å². The van der Waals surface area contributed by atoms with Crippen LogP contribution in [0.3, 0.4) is 0 Å². The molecule has 4 aromatic rings. The molecular formula is C23H15ClN2O4. The highest BCUT2D eigenvalue weighted by Gasteiger charge is 2.44. The summed E-state index contributed by atoms with van der Waals surface area (Å²) in [6.45, 7) is 0. The molecule has 30 heavy (non-hydrogen) atoms. The van der Waals surface area contributed by atoms with Gasteiger partial charge in [0.2, 0.25) is 5.76 Å². The molecule has 0 saturated heterocycles. The molecule has 6 nitrogen and oxygen atoms in total.